The maximum atomic E-state index is 11.3. The highest BCUT2D eigenvalue weighted by Gasteiger charge is 2.21. The number of hydrogen-bond acceptors (Lipinski definition) is 4. The van der Waals surface area contributed by atoms with Gasteiger partial charge in [-0.1, -0.05) is 19.9 Å². The minimum atomic E-state index is -3.56. The lowest BCUT2D eigenvalue weighted by Gasteiger charge is -2.22. The normalized spacial score (nSPS) is 14.3. The van der Waals surface area contributed by atoms with E-state index in [0.717, 1.165) is 30.2 Å². The summed E-state index contributed by atoms with van der Waals surface area (Å²) in [6.45, 7) is 7.72. The zero-order valence-corrected chi connectivity index (χ0v) is 12.7. The van der Waals surface area contributed by atoms with Crippen molar-refractivity contribution in [3.63, 3.8) is 0 Å². The SMILES string of the molecule is C=C1C=C(CCC)c2ccc(OS(C)(=O)=O)c(C)c2O1. The molecule has 0 atom stereocenters. The van der Waals surface area contributed by atoms with Gasteiger partial charge in [0.15, 0.2) is 0 Å². The molecule has 0 fully saturated rings. The van der Waals surface area contributed by atoms with Crippen molar-refractivity contribution in [2.75, 3.05) is 6.26 Å². The molecule has 0 amide bonds. The van der Waals surface area contributed by atoms with Crippen molar-refractivity contribution in [3.05, 3.63) is 41.7 Å². The maximum Gasteiger partial charge on any atom is 0.306 e. The molecule has 0 aromatic heterocycles. The van der Waals surface area contributed by atoms with Crippen LogP contribution in [-0.2, 0) is 10.1 Å². The summed E-state index contributed by atoms with van der Waals surface area (Å²) < 4.78 is 33.1. The van der Waals surface area contributed by atoms with Crippen LogP contribution < -0.4 is 8.92 Å². The monoisotopic (exact) mass is 294 g/mol. The zero-order valence-electron chi connectivity index (χ0n) is 11.9. The molecule has 1 aliphatic heterocycles. The summed E-state index contributed by atoms with van der Waals surface area (Å²) in [4.78, 5) is 0. The largest absolute Gasteiger partial charge is 0.457 e. The lowest BCUT2D eigenvalue weighted by atomic mass is 9.95. The second kappa shape index (κ2) is 5.32. The van der Waals surface area contributed by atoms with Crippen molar-refractivity contribution in [2.45, 2.75) is 26.7 Å². The van der Waals surface area contributed by atoms with Crippen LogP contribution in [0, 0.1) is 6.92 Å². The van der Waals surface area contributed by atoms with Gasteiger partial charge in [-0.15, -0.1) is 0 Å². The van der Waals surface area contributed by atoms with Crippen molar-refractivity contribution < 1.29 is 17.3 Å². The average molecular weight is 294 g/mol. The Labute approximate surface area is 119 Å². The molecule has 1 heterocycles. The maximum absolute atomic E-state index is 11.3. The molecule has 0 saturated heterocycles. The molecule has 108 valence electrons. The molecule has 5 heteroatoms. The molecule has 1 aliphatic rings. The van der Waals surface area contributed by atoms with Crippen LogP contribution in [0.5, 0.6) is 11.5 Å². The van der Waals surface area contributed by atoms with Gasteiger partial charge in [0, 0.05) is 11.1 Å². The highest BCUT2D eigenvalue weighted by Crippen LogP contribution is 2.41. The number of benzene rings is 1. The van der Waals surface area contributed by atoms with Crippen LogP contribution >= 0.6 is 0 Å². The average Bonchev–Trinajstić information content (AvgIpc) is 2.32. The zero-order chi connectivity index (χ0) is 14.9. The molecule has 2 rings (SSSR count). The summed E-state index contributed by atoms with van der Waals surface area (Å²) in [6, 6.07) is 3.49. The van der Waals surface area contributed by atoms with Gasteiger partial charge in [0.25, 0.3) is 0 Å². The van der Waals surface area contributed by atoms with Crippen LogP contribution in [-0.4, -0.2) is 14.7 Å². The predicted molar refractivity (Wildman–Crippen MR) is 79.3 cm³/mol. The molecular formula is C15H18O4S. The van der Waals surface area contributed by atoms with E-state index in [0.29, 0.717) is 17.1 Å². The smallest absolute Gasteiger partial charge is 0.306 e. The van der Waals surface area contributed by atoms with E-state index in [1.807, 2.05) is 12.1 Å². The Morgan fingerprint density at radius 2 is 2.05 bits per heavy atom. The molecular weight excluding hydrogens is 276 g/mol. The summed E-state index contributed by atoms with van der Waals surface area (Å²) in [5, 5.41) is 0. The molecule has 0 bridgehead atoms. The highest BCUT2D eigenvalue weighted by atomic mass is 32.2. The summed E-state index contributed by atoms with van der Waals surface area (Å²) in [7, 11) is -3.56. The fourth-order valence-corrected chi connectivity index (χ4v) is 2.73. The highest BCUT2D eigenvalue weighted by molar-refractivity contribution is 7.86. The van der Waals surface area contributed by atoms with Crippen molar-refractivity contribution in [1.82, 2.24) is 0 Å². The standard InChI is InChI=1S/C15H18O4S/c1-5-6-12-9-10(2)18-15-11(3)14(8-7-13(12)15)19-20(4,16)17/h7-9H,2,5-6H2,1,3-4H3. The minimum absolute atomic E-state index is 0.289. The minimum Gasteiger partial charge on any atom is -0.457 e. The molecule has 0 spiro atoms. The van der Waals surface area contributed by atoms with Crippen molar-refractivity contribution >= 4 is 15.7 Å². The van der Waals surface area contributed by atoms with Gasteiger partial charge in [0.05, 0.1) is 6.26 Å². The fourth-order valence-electron chi connectivity index (χ4n) is 2.22. The third-order valence-corrected chi connectivity index (χ3v) is 3.51. The lowest BCUT2D eigenvalue weighted by Crippen LogP contribution is -2.09. The van der Waals surface area contributed by atoms with E-state index in [4.69, 9.17) is 8.92 Å². The van der Waals surface area contributed by atoms with Gasteiger partial charge in [-0.25, -0.2) is 0 Å². The van der Waals surface area contributed by atoms with Crippen LogP contribution in [0.3, 0.4) is 0 Å². The molecule has 4 nitrogen and oxygen atoms in total. The Kier molecular flexibility index (Phi) is 3.90. The van der Waals surface area contributed by atoms with Gasteiger partial charge < -0.3 is 8.92 Å². The summed E-state index contributed by atoms with van der Waals surface area (Å²) >= 11 is 0. The van der Waals surface area contributed by atoms with Crippen LogP contribution in [0.25, 0.3) is 5.57 Å². The third-order valence-electron chi connectivity index (χ3n) is 3.03. The second-order valence-corrected chi connectivity index (χ2v) is 6.42. The van der Waals surface area contributed by atoms with Gasteiger partial charge in [0.1, 0.15) is 17.3 Å². The number of ether oxygens (including phenoxy) is 1. The summed E-state index contributed by atoms with van der Waals surface area (Å²) in [5.41, 5.74) is 2.78. The number of allylic oxidation sites excluding steroid dienone is 2. The summed E-state index contributed by atoms with van der Waals surface area (Å²) in [5.74, 6) is 1.47. The first-order chi connectivity index (χ1) is 9.31. The van der Waals surface area contributed by atoms with Crippen LogP contribution in [0.1, 0.15) is 30.9 Å². The van der Waals surface area contributed by atoms with Gasteiger partial charge in [-0.05, 0) is 37.1 Å². The van der Waals surface area contributed by atoms with Gasteiger partial charge >= 0.3 is 10.1 Å². The number of hydrogen-bond donors (Lipinski definition) is 0. The molecule has 20 heavy (non-hydrogen) atoms. The topological polar surface area (TPSA) is 52.6 Å². The van der Waals surface area contributed by atoms with Crippen molar-refractivity contribution in [3.8, 4) is 11.5 Å². The first-order valence-electron chi connectivity index (χ1n) is 6.42. The van der Waals surface area contributed by atoms with E-state index in [9.17, 15) is 8.42 Å². The van der Waals surface area contributed by atoms with E-state index < -0.39 is 10.1 Å². The fraction of sp³-hybridized carbons (Fsp3) is 0.333. The van der Waals surface area contributed by atoms with E-state index in [2.05, 4.69) is 13.5 Å². The van der Waals surface area contributed by atoms with Gasteiger partial charge in [-0.2, -0.15) is 8.42 Å². The van der Waals surface area contributed by atoms with Gasteiger partial charge in [0.2, 0.25) is 0 Å². The van der Waals surface area contributed by atoms with E-state index in [1.165, 1.54) is 0 Å². The lowest BCUT2D eigenvalue weighted by molar-refractivity contribution is 0.431. The molecule has 0 unspecified atom stereocenters. The molecule has 0 radical (unpaired) electrons. The van der Waals surface area contributed by atoms with Gasteiger partial charge in [-0.3, -0.25) is 0 Å². The Hall–Kier alpha value is -1.75. The number of rotatable bonds is 4. The van der Waals surface area contributed by atoms with Crippen LogP contribution in [0.2, 0.25) is 0 Å². The van der Waals surface area contributed by atoms with E-state index in [-0.39, 0.29) is 5.75 Å². The van der Waals surface area contributed by atoms with Crippen molar-refractivity contribution in [2.24, 2.45) is 0 Å². The Morgan fingerprint density at radius 1 is 1.35 bits per heavy atom. The van der Waals surface area contributed by atoms with Crippen molar-refractivity contribution in [1.29, 1.82) is 0 Å². The van der Waals surface area contributed by atoms with Crippen LogP contribution in [0.4, 0.5) is 0 Å². The first kappa shape index (κ1) is 14.7. The third kappa shape index (κ3) is 3.04. The Bertz CT molecular complexity index is 684. The molecule has 0 aliphatic carbocycles. The second-order valence-electron chi connectivity index (χ2n) is 4.84. The van der Waals surface area contributed by atoms with E-state index in [1.54, 1.807) is 13.0 Å². The Balaban J connectivity index is 2.51. The molecule has 1 aromatic rings. The van der Waals surface area contributed by atoms with Crippen LogP contribution in [0.15, 0.2) is 30.5 Å². The molecule has 0 N–H and O–H groups in total. The summed E-state index contributed by atoms with van der Waals surface area (Å²) in [6.07, 6.45) is 4.87. The molecule has 0 saturated carbocycles. The van der Waals surface area contributed by atoms with E-state index >= 15 is 0 Å². The predicted octanol–water partition coefficient (Wildman–Crippen LogP) is 3.42. The Morgan fingerprint density at radius 3 is 2.65 bits per heavy atom. The first-order valence-corrected chi connectivity index (χ1v) is 8.24. The quantitative estimate of drug-likeness (QED) is 0.798. The molecule has 1 aromatic carbocycles. The number of fused-ring (bicyclic) bond motifs is 1.